The summed E-state index contributed by atoms with van der Waals surface area (Å²) in [6.45, 7) is 0. The van der Waals surface area contributed by atoms with Gasteiger partial charge in [-0.1, -0.05) is 11.6 Å². The van der Waals surface area contributed by atoms with Crippen molar-refractivity contribution in [2.24, 2.45) is 0 Å². The van der Waals surface area contributed by atoms with Gasteiger partial charge in [0, 0.05) is 4.47 Å². The number of ketones is 1. The minimum absolute atomic E-state index is 0.0608. The standard InChI is InChI=1S/C8H4BrCl2FO/c9-4-1-2-5(12)7(8(4)11)6(13)3-10/h1-2H,3H2. The summed E-state index contributed by atoms with van der Waals surface area (Å²) >= 11 is 14.1. The van der Waals surface area contributed by atoms with Gasteiger partial charge < -0.3 is 0 Å². The number of rotatable bonds is 2. The van der Waals surface area contributed by atoms with Gasteiger partial charge in [-0.15, -0.1) is 11.6 Å². The molecule has 0 aliphatic heterocycles. The second-order valence-electron chi connectivity index (χ2n) is 2.27. The highest BCUT2D eigenvalue weighted by Crippen LogP contribution is 2.28. The van der Waals surface area contributed by atoms with Crippen LogP contribution in [0.3, 0.4) is 0 Å². The second kappa shape index (κ2) is 4.40. The lowest BCUT2D eigenvalue weighted by Crippen LogP contribution is -2.04. The maximum absolute atomic E-state index is 13.1. The van der Waals surface area contributed by atoms with Crippen LogP contribution in [0.5, 0.6) is 0 Å². The average molecular weight is 286 g/mol. The Labute approximate surface area is 93.0 Å². The molecule has 0 atom stereocenters. The molecule has 0 N–H and O–H groups in total. The first kappa shape index (κ1) is 11.0. The third-order valence-electron chi connectivity index (χ3n) is 1.44. The van der Waals surface area contributed by atoms with Crippen LogP contribution in [0.4, 0.5) is 4.39 Å². The van der Waals surface area contributed by atoms with E-state index in [1.54, 1.807) is 0 Å². The van der Waals surface area contributed by atoms with Crippen LogP contribution in [0.25, 0.3) is 0 Å². The summed E-state index contributed by atoms with van der Waals surface area (Å²) in [7, 11) is 0. The maximum atomic E-state index is 13.1. The predicted octanol–water partition coefficient (Wildman–Crippen LogP) is 3.66. The molecule has 0 radical (unpaired) electrons. The van der Waals surface area contributed by atoms with Gasteiger partial charge in [-0.2, -0.15) is 0 Å². The minimum Gasteiger partial charge on any atom is -0.293 e. The van der Waals surface area contributed by atoms with E-state index in [0.29, 0.717) is 4.47 Å². The number of carbonyl (C=O) groups is 1. The van der Waals surface area contributed by atoms with E-state index in [0.717, 1.165) is 6.07 Å². The van der Waals surface area contributed by atoms with E-state index in [9.17, 15) is 9.18 Å². The van der Waals surface area contributed by atoms with E-state index < -0.39 is 11.6 Å². The summed E-state index contributed by atoms with van der Waals surface area (Å²) in [6.07, 6.45) is 0. The van der Waals surface area contributed by atoms with Gasteiger partial charge in [-0.3, -0.25) is 4.79 Å². The third-order valence-corrected chi connectivity index (χ3v) is 2.97. The van der Waals surface area contributed by atoms with Crippen molar-refractivity contribution in [3.63, 3.8) is 0 Å². The molecule has 13 heavy (non-hydrogen) atoms. The number of hydrogen-bond acceptors (Lipinski definition) is 1. The fourth-order valence-electron chi connectivity index (χ4n) is 0.849. The Morgan fingerprint density at radius 1 is 1.54 bits per heavy atom. The van der Waals surface area contributed by atoms with Crippen molar-refractivity contribution in [3.05, 3.63) is 33.0 Å². The molecule has 70 valence electrons. The zero-order valence-corrected chi connectivity index (χ0v) is 9.38. The Balaban J connectivity index is 3.33. The second-order valence-corrected chi connectivity index (χ2v) is 3.77. The Bertz CT molecular complexity index is 354. The van der Waals surface area contributed by atoms with Gasteiger partial charge in [0.2, 0.25) is 0 Å². The summed E-state index contributed by atoms with van der Waals surface area (Å²) in [6, 6.07) is 2.60. The number of alkyl halides is 1. The molecule has 0 amide bonds. The Kier molecular flexibility index (Phi) is 3.71. The summed E-state index contributed by atoms with van der Waals surface area (Å²) < 4.78 is 13.6. The van der Waals surface area contributed by atoms with E-state index >= 15 is 0 Å². The molecule has 0 saturated heterocycles. The average Bonchev–Trinajstić information content (AvgIpc) is 2.12. The highest BCUT2D eigenvalue weighted by Gasteiger charge is 2.16. The molecule has 0 unspecified atom stereocenters. The number of carbonyl (C=O) groups excluding carboxylic acids is 1. The van der Waals surface area contributed by atoms with Gasteiger partial charge in [-0.05, 0) is 28.1 Å². The minimum atomic E-state index is -0.654. The first-order valence-electron chi connectivity index (χ1n) is 3.30. The van der Waals surface area contributed by atoms with Crippen LogP contribution in [0.1, 0.15) is 10.4 Å². The zero-order chi connectivity index (χ0) is 10.0. The molecule has 1 aromatic rings. The van der Waals surface area contributed by atoms with Crippen LogP contribution in [-0.4, -0.2) is 11.7 Å². The highest BCUT2D eigenvalue weighted by atomic mass is 79.9. The van der Waals surface area contributed by atoms with Crippen molar-refractivity contribution in [1.82, 2.24) is 0 Å². The van der Waals surface area contributed by atoms with Crippen LogP contribution in [-0.2, 0) is 0 Å². The molecule has 1 aromatic carbocycles. The van der Waals surface area contributed by atoms with Crippen molar-refractivity contribution in [2.75, 3.05) is 5.88 Å². The molecule has 0 aliphatic rings. The molecule has 0 fully saturated rings. The highest BCUT2D eigenvalue weighted by molar-refractivity contribution is 9.10. The molecule has 1 nitrogen and oxygen atoms in total. The molecule has 0 spiro atoms. The lowest BCUT2D eigenvalue weighted by atomic mass is 10.1. The van der Waals surface area contributed by atoms with Crippen LogP contribution >= 0.6 is 39.1 Å². The summed E-state index contributed by atoms with van der Waals surface area (Å²) in [5.41, 5.74) is -0.161. The van der Waals surface area contributed by atoms with Crippen molar-refractivity contribution >= 4 is 44.9 Å². The van der Waals surface area contributed by atoms with Gasteiger partial charge in [0.1, 0.15) is 5.82 Å². The Hall–Kier alpha value is -0.120. The Morgan fingerprint density at radius 3 is 2.69 bits per heavy atom. The molecule has 0 saturated carbocycles. The first-order valence-corrected chi connectivity index (χ1v) is 5.01. The van der Waals surface area contributed by atoms with E-state index in [1.165, 1.54) is 6.07 Å². The smallest absolute Gasteiger partial charge is 0.182 e. The van der Waals surface area contributed by atoms with Crippen molar-refractivity contribution in [2.45, 2.75) is 0 Å². The molecule has 0 bridgehead atoms. The van der Waals surface area contributed by atoms with Crippen LogP contribution in [0.15, 0.2) is 16.6 Å². The summed E-state index contributed by atoms with van der Waals surface area (Å²) in [5, 5.41) is 0.0608. The molecular weight excluding hydrogens is 282 g/mol. The van der Waals surface area contributed by atoms with Gasteiger partial charge in [0.25, 0.3) is 0 Å². The monoisotopic (exact) mass is 284 g/mol. The van der Waals surface area contributed by atoms with Crippen LogP contribution in [0.2, 0.25) is 5.02 Å². The molecule has 0 heterocycles. The van der Waals surface area contributed by atoms with Gasteiger partial charge in [-0.25, -0.2) is 4.39 Å². The number of Topliss-reactive ketones (excluding diaryl/α,β-unsaturated/α-hetero) is 1. The fraction of sp³-hybridized carbons (Fsp3) is 0.125. The largest absolute Gasteiger partial charge is 0.293 e. The lowest BCUT2D eigenvalue weighted by molar-refractivity contribution is 0.101. The number of halogens is 4. The fourth-order valence-corrected chi connectivity index (χ4v) is 1.57. The zero-order valence-electron chi connectivity index (χ0n) is 6.28. The topological polar surface area (TPSA) is 17.1 Å². The summed E-state index contributed by atoms with van der Waals surface area (Å²) in [5.74, 6) is -1.46. The van der Waals surface area contributed by atoms with Gasteiger partial charge in [0.05, 0.1) is 16.5 Å². The quantitative estimate of drug-likeness (QED) is 0.460. The molecule has 0 aromatic heterocycles. The van der Waals surface area contributed by atoms with Crippen LogP contribution < -0.4 is 0 Å². The van der Waals surface area contributed by atoms with Crippen molar-refractivity contribution < 1.29 is 9.18 Å². The van der Waals surface area contributed by atoms with Gasteiger partial charge >= 0.3 is 0 Å². The summed E-state index contributed by atoms with van der Waals surface area (Å²) in [4.78, 5) is 11.1. The van der Waals surface area contributed by atoms with E-state index in [-0.39, 0.29) is 16.5 Å². The number of hydrogen-bond donors (Lipinski definition) is 0. The van der Waals surface area contributed by atoms with E-state index in [2.05, 4.69) is 15.9 Å². The van der Waals surface area contributed by atoms with Gasteiger partial charge in [0.15, 0.2) is 5.78 Å². The molecular formula is C8H4BrCl2FO. The van der Waals surface area contributed by atoms with E-state index in [4.69, 9.17) is 23.2 Å². The maximum Gasteiger partial charge on any atom is 0.182 e. The molecule has 5 heteroatoms. The SMILES string of the molecule is O=C(CCl)c1c(F)ccc(Br)c1Cl. The Morgan fingerprint density at radius 2 is 2.15 bits per heavy atom. The van der Waals surface area contributed by atoms with Crippen molar-refractivity contribution in [3.8, 4) is 0 Å². The normalized spacial score (nSPS) is 10.2. The van der Waals surface area contributed by atoms with E-state index in [1.807, 2.05) is 0 Å². The molecule has 0 aliphatic carbocycles. The number of benzene rings is 1. The third kappa shape index (κ3) is 2.22. The first-order chi connectivity index (χ1) is 6.07. The predicted molar refractivity (Wildman–Crippen MR) is 54.2 cm³/mol. The van der Waals surface area contributed by atoms with Crippen LogP contribution in [0, 0.1) is 5.82 Å². The van der Waals surface area contributed by atoms with Crippen molar-refractivity contribution in [1.29, 1.82) is 0 Å². The lowest BCUT2D eigenvalue weighted by Gasteiger charge is -2.03. The molecule has 1 rings (SSSR count).